The van der Waals surface area contributed by atoms with Crippen molar-refractivity contribution >= 4 is 28.2 Å². The fourth-order valence-electron chi connectivity index (χ4n) is 2.68. The molecule has 4 N–H and O–H groups in total. The van der Waals surface area contributed by atoms with Gasteiger partial charge < -0.3 is 11.5 Å². The lowest BCUT2D eigenvalue weighted by Gasteiger charge is -2.25. The molecular weight excluding hydrogens is 331 g/mol. The van der Waals surface area contributed by atoms with Crippen LogP contribution in [0.2, 0.25) is 5.15 Å². The molecule has 3 aromatic heterocycles. The number of benzene rings is 1. The van der Waals surface area contributed by atoms with Crippen LogP contribution in [0.3, 0.4) is 0 Å². The Morgan fingerprint density at radius 2 is 1.96 bits per heavy atom. The maximum Gasteiger partial charge on any atom is 0.154 e. The number of halogens is 2. The van der Waals surface area contributed by atoms with Gasteiger partial charge in [0.15, 0.2) is 5.65 Å². The summed E-state index contributed by atoms with van der Waals surface area (Å²) in [6.07, 6.45) is 3.06. The van der Waals surface area contributed by atoms with Gasteiger partial charge in [-0.2, -0.15) is 5.10 Å². The average molecular weight is 343 g/mol. The van der Waals surface area contributed by atoms with Crippen LogP contribution in [-0.4, -0.2) is 19.6 Å². The van der Waals surface area contributed by atoms with Crippen LogP contribution in [0.15, 0.2) is 48.8 Å². The third kappa shape index (κ3) is 2.22. The van der Waals surface area contributed by atoms with Gasteiger partial charge in [0, 0.05) is 23.2 Å². The SMILES string of the molecule is NC(N)(c1cc2cccnc2cc1F)c1cnc2ccc(Cl)nn12. The third-order valence-electron chi connectivity index (χ3n) is 3.89. The van der Waals surface area contributed by atoms with Crippen LogP contribution in [0, 0.1) is 5.82 Å². The molecular formula is C16H12ClFN6. The zero-order valence-corrected chi connectivity index (χ0v) is 13.1. The van der Waals surface area contributed by atoms with Crippen molar-refractivity contribution in [3.05, 3.63) is 71.0 Å². The molecule has 0 saturated heterocycles. The summed E-state index contributed by atoms with van der Waals surface area (Å²) in [6.45, 7) is 0. The second kappa shape index (κ2) is 5.20. The molecule has 8 heteroatoms. The fourth-order valence-corrected chi connectivity index (χ4v) is 2.82. The van der Waals surface area contributed by atoms with Crippen molar-refractivity contribution in [3.8, 4) is 0 Å². The summed E-state index contributed by atoms with van der Waals surface area (Å²) in [4.78, 5) is 8.31. The van der Waals surface area contributed by atoms with Crippen molar-refractivity contribution in [2.45, 2.75) is 5.66 Å². The van der Waals surface area contributed by atoms with Crippen molar-refractivity contribution in [1.82, 2.24) is 19.6 Å². The van der Waals surface area contributed by atoms with Gasteiger partial charge in [0.25, 0.3) is 0 Å². The first kappa shape index (κ1) is 14.9. The summed E-state index contributed by atoms with van der Waals surface area (Å²) in [5.41, 5.74) is 12.4. The molecule has 120 valence electrons. The topological polar surface area (TPSA) is 95.1 Å². The zero-order valence-electron chi connectivity index (χ0n) is 12.3. The summed E-state index contributed by atoms with van der Waals surface area (Å²) in [7, 11) is 0. The molecule has 6 nitrogen and oxygen atoms in total. The van der Waals surface area contributed by atoms with Crippen molar-refractivity contribution in [2.24, 2.45) is 11.5 Å². The van der Waals surface area contributed by atoms with E-state index < -0.39 is 11.5 Å². The highest BCUT2D eigenvalue weighted by Crippen LogP contribution is 2.28. The zero-order chi connectivity index (χ0) is 16.9. The van der Waals surface area contributed by atoms with E-state index in [4.69, 9.17) is 23.1 Å². The molecule has 0 spiro atoms. The first-order valence-corrected chi connectivity index (χ1v) is 7.48. The summed E-state index contributed by atoms with van der Waals surface area (Å²) >= 11 is 5.93. The van der Waals surface area contributed by atoms with Gasteiger partial charge in [-0.15, -0.1) is 0 Å². The van der Waals surface area contributed by atoms with Gasteiger partial charge >= 0.3 is 0 Å². The van der Waals surface area contributed by atoms with Crippen molar-refractivity contribution in [1.29, 1.82) is 0 Å². The van der Waals surface area contributed by atoms with E-state index >= 15 is 0 Å². The fraction of sp³-hybridized carbons (Fsp3) is 0.0625. The first-order valence-electron chi connectivity index (χ1n) is 7.10. The molecule has 24 heavy (non-hydrogen) atoms. The molecule has 0 amide bonds. The number of hydrogen-bond donors (Lipinski definition) is 2. The number of rotatable bonds is 2. The minimum atomic E-state index is -1.65. The highest BCUT2D eigenvalue weighted by atomic mass is 35.5. The Morgan fingerprint density at radius 1 is 1.12 bits per heavy atom. The van der Waals surface area contributed by atoms with E-state index in [0.29, 0.717) is 16.9 Å². The molecule has 0 radical (unpaired) electrons. The van der Waals surface area contributed by atoms with E-state index in [-0.39, 0.29) is 10.7 Å². The molecule has 0 fully saturated rings. The van der Waals surface area contributed by atoms with Crippen LogP contribution in [0.4, 0.5) is 4.39 Å². The highest BCUT2D eigenvalue weighted by Gasteiger charge is 2.32. The molecule has 0 saturated carbocycles. The van der Waals surface area contributed by atoms with Gasteiger partial charge in [-0.25, -0.2) is 13.9 Å². The standard InChI is InChI=1S/C16H12ClFN6/c17-14-3-4-15-22-8-13(24(15)23-14)16(19,20)10-6-9-2-1-5-21-12(9)7-11(10)18/h1-8H,19-20H2. The second-order valence-electron chi connectivity index (χ2n) is 5.47. The molecule has 0 bridgehead atoms. The number of fused-ring (bicyclic) bond motifs is 2. The van der Waals surface area contributed by atoms with Gasteiger partial charge in [-0.1, -0.05) is 17.7 Å². The average Bonchev–Trinajstić information content (AvgIpc) is 2.97. The number of imidazole rings is 1. The van der Waals surface area contributed by atoms with Gasteiger partial charge in [0.05, 0.1) is 11.7 Å². The van der Waals surface area contributed by atoms with Crippen LogP contribution in [0.25, 0.3) is 16.6 Å². The van der Waals surface area contributed by atoms with E-state index in [2.05, 4.69) is 15.1 Å². The quantitative estimate of drug-likeness (QED) is 0.544. The predicted molar refractivity (Wildman–Crippen MR) is 88.9 cm³/mol. The molecule has 0 unspecified atom stereocenters. The lowest BCUT2D eigenvalue weighted by Crippen LogP contribution is -2.49. The molecule has 4 aromatic rings. The summed E-state index contributed by atoms with van der Waals surface area (Å²) in [5.74, 6) is -0.553. The molecule has 3 heterocycles. The highest BCUT2D eigenvalue weighted by molar-refractivity contribution is 6.29. The number of nitrogens with zero attached hydrogens (tertiary/aromatic N) is 4. The van der Waals surface area contributed by atoms with E-state index in [1.807, 2.05) is 6.07 Å². The van der Waals surface area contributed by atoms with E-state index in [0.717, 1.165) is 5.39 Å². The summed E-state index contributed by atoms with van der Waals surface area (Å²) in [6, 6.07) is 9.74. The van der Waals surface area contributed by atoms with Crippen molar-refractivity contribution in [3.63, 3.8) is 0 Å². The number of hydrogen-bond acceptors (Lipinski definition) is 5. The lowest BCUT2D eigenvalue weighted by molar-refractivity contribution is 0.491. The third-order valence-corrected chi connectivity index (χ3v) is 4.09. The Kier molecular flexibility index (Phi) is 3.24. The Balaban J connectivity index is 1.96. The minimum Gasteiger partial charge on any atom is -0.304 e. The Hall–Kier alpha value is -2.61. The lowest BCUT2D eigenvalue weighted by atomic mass is 9.96. The molecule has 0 aliphatic carbocycles. The van der Waals surface area contributed by atoms with Gasteiger partial charge in [-0.3, -0.25) is 4.98 Å². The largest absolute Gasteiger partial charge is 0.304 e. The van der Waals surface area contributed by atoms with Gasteiger partial charge in [0.1, 0.15) is 22.3 Å². The normalized spacial score (nSPS) is 12.2. The second-order valence-corrected chi connectivity index (χ2v) is 5.85. The van der Waals surface area contributed by atoms with Crippen LogP contribution < -0.4 is 11.5 Å². The van der Waals surface area contributed by atoms with E-state index in [9.17, 15) is 4.39 Å². The number of aromatic nitrogens is 4. The maximum absolute atomic E-state index is 14.6. The molecule has 0 aliphatic rings. The van der Waals surface area contributed by atoms with Crippen LogP contribution in [0.5, 0.6) is 0 Å². The summed E-state index contributed by atoms with van der Waals surface area (Å²) in [5, 5.41) is 5.13. The molecule has 4 rings (SSSR count). The van der Waals surface area contributed by atoms with E-state index in [1.54, 1.807) is 30.5 Å². The Bertz CT molecular complexity index is 1070. The molecule has 0 atom stereocenters. The van der Waals surface area contributed by atoms with E-state index in [1.165, 1.54) is 16.8 Å². The summed E-state index contributed by atoms with van der Waals surface area (Å²) < 4.78 is 16.0. The molecule has 0 aliphatic heterocycles. The smallest absolute Gasteiger partial charge is 0.154 e. The first-order chi connectivity index (χ1) is 11.5. The van der Waals surface area contributed by atoms with Gasteiger partial charge in [0.2, 0.25) is 0 Å². The number of pyridine rings is 1. The number of nitrogens with two attached hydrogens (primary N) is 2. The van der Waals surface area contributed by atoms with Crippen molar-refractivity contribution < 1.29 is 4.39 Å². The Labute approximate surface area is 140 Å². The van der Waals surface area contributed by atoms with Crippen molar-refractivity contribution in [2.75, 3.05) is 0 Å². The minimum absolute atomic E-state index is 0.117. The molecule has 1 aromatic carbocycles. The maximum atomic E-state index is 14.6. The van der Waals surface area contributed by atoms with Crippen LogP contribution >= 0.6 is 11.6 Å². The van der Waals surface area contributed by atoms with Gasteiger partial charge in [-0.05, 0) is 24.3 Å². The predicted octanol–water partition coefficient (Wildman–Crippen LogP) is 2.19. The van der Waals surface area contributed by atoms with Crippen LogP contribution in [0.1, 0.15) is 11.3 Å². The monoisotopic (exact) mass is 342 g/mol. The Morgan fingerprint density at radius 3 is 2.79 bits per heavy atom. The van der Waals surface area contributed by atoms with Crippen LogP contribution in [-0.2, 0) is 5.66 Å².